The molecule has 0 aliphatic rings. The van der Waals surface area contributed by atoms with Crippen LogP contribution in [0.25, 0.3) is 0 Å². The molecule has 0 aromatic heterocycles. The molecule has 0 saturated heterocycles. The summed E-state index contributed by atoms with van der Waals surface area (Å²) in [5.41, 5.74) is 0.274. The Bertz CT molecular complexity index is 660. The predicted octanol–water partition coefficient (Wildman–Crippen LogP) is 1.50. The van der Waals surface area contributed by atoms with Crippen LogP contribution in [-0.2, 0) is 25.2 Å². The maximum absolute atomic E-state index is 12.0. The molecule has 2 N–H and O–H groups in total. The molecule has 116 valence electrons. The number of benzene rings is 1. The number of carbonyl (C=O) groups is 2. The Balaban J connectivity index is 2.93. The van der Waals surface area contributed by atoms with Crippen molar-refractivity contribution in [3.63, 3.8) is 0 Å². The minimum Gasteiger partial charge on any atom is -0.480 e. The van der Waals surface area contributed by atoms with Crippen molar-refractivity contribution in [2.75, 3.05) is 5.75 Å². The van der Waals surface area contributed by atoms with Gasteiger partial charge in [0.2, 0.25) is 5.91 Å². The first-order valence-electron chi connectivity index (χ1n) is 5.75. The highest BCUT2D eigenvalue weighted by atomic mass is 35.5. The Labute approximate surface area is 132 Å². The fourth-order valence-electron chi connectivity index (χ4n) is 1.63. The lowest BCUT2D eigenvalue weighted by molar-refractivity contribution is -0.140. The fourth-order valence-corrected chi connectivity index (χ4v) is 3.66. The summed E-state index contributed by atoms with van der Waals surface area (Å²) in [5, 5.41) is 11.3. The first kappa shape index (κ1) is 17.7. The Kier molecular flexibility index (Phi) is 6.00. The molecule has 0 aliphatic heterocycles. The third-order valence-electron chi connectivity index (χ3n) is 2.50. The van der Waals surface area contributed by atoms with Crippen LogP contribution in [0.1, 0.15) is 12.5 Å². The second kappa shape index (κ2) is 7.11. The van der Waals surface area contributed by atoms with Crippen molar-refractivity contribution < 1.29 is 23.1 Å². The summed E-state index contributed by atoms with van der Waals surface area (Å²) >= 11 is 11.7. The highest BCUT2D eigenvalue weighted by molar-refractivity contribution is 7.90. The van der Waals surface area contributed by atoms with Crippen LogP contribution in [0.4, 0.5) is 0 Å². The van der Waals surface area contributed by atoms with E-state index in [-0.39, 0.29) is 15.6 Å². The normalized spacial score (nSPS) is 12.7. The second-order valence-electron chi connectivity index (χ2n) is 4.36. The maximum atomic E-state index is 12.0. The number of sulfone groups is 1. The van der Waals surface area contributed by atoms with Crippen molar-refractivity contribution >= 4 is 44.9 Å². The van der Waals surface area contributed by atoms with E-state index in [0.717, 1.165) is 6.92 Å². The van der Waals surface area contributed by atoms with Crippen LogP contribution in [0.15, 0.2) is 18.2 Å². The largest absolute Gasteiger partial charge is 0.480 e. The molecule has 0 aliphatic carbocycles. The molecule has 1 unspecified atom stereocenters. The number of nitrogens with one attached hydrogen (secondary N) is 1. The van der Waals surface area contributed by atoms with Crippen molar-refractivity contribution in [2.45, 2.75) is 18.7 Å². The smallest absolute Gasteiger partial charge is 0.327 e. The molecule has 1 rings (SSSR count). The summed E-state index contributed by atoms with van der Waals surface area (Å²) < 4.78 is 24.1. The zero-order chi connectivity index (χ0) is 16.2. The van der Waals surface area contributed by atoms with Gasteiger partial charge in [-0.05, 0) is 11.6 Å². The van der Waals surface area contributed by atoms with Crippen LogP contribution < -0.4 is 5.32 Å². The minimum atomic E-state index is -3.80. The van der Waals surface area contributed by atoms with E-state index in [1.54, 1.807) is 6.07 Å². The van der Waals surface area contributed by atoms with Gasteiger partial charge < -0.3 is 10.4 Å². The molecule has 0 radical (unpaired) electrons. The first-order chi connectivity index (χ1) is 9.62. The number of rotatable bonds is 6. The molecule has 0 saturated carbocycles. The first-order valence-corrected chi connectivity index (χ1v) is 8.33. The topological polar surface area (TPSA) is 101 Å². The number of carboxylic acids is 1. The molecular formula is C12H13Cl2NO5S. The van der Waals surface area contributed by atoms with Crippen LogP contribution in [0, 0.1) is 0 Å². The van der Waals surface area contributed by atoms with E-state index >= 15 is 0 Å². The standard InChI is InChI=1S/C12H13Cl2NO5S/c1-7(16)15-10(12(17)18)6-21(19,20)5-8-3-2-4-9(13)11(8)14/h2-4,10H,5-6H2,1H3,(H,15,16)(H,17,18). The molecule has 1 aromatic carbocycles. The zero-order valence-electron chi connectivity index (χ0n) is 11.0. The van der Waals surface area contributed by atoms with E-state index in [2.05, 4.69) is 5.32 Å². The van der Waals surface area contributed by atoms with Crippen LogP contribution in [0.3, 0.4) is 0 Å². The number of carbonyl (C=O) groups excluding carboxylic acids is 1. The van der Waals surface area contributed by atoms with Gasteiger partial charge in [0.1, 0.15) is 6.04 Å². The molecule has 6 nitrogen and oxygen atoms in total. The van der Waals surface area contributed by atoms with Gasteiger partial charge in [-0.3, -0.25) is 4.79 Å². The maximum Gasteiger partial charge on any atom is 0.327 e. The molecular weight excluding hydrogens is 341 g/mol. The summed E-state index contributed by atoms with van der Waals surface area (Å²) in [5.74, 6) is -3.25. The summed E-state index contributed by atoms with van der Waals surface area (Å²) in [6, 6.07) is 3.03. The van der Waals surface area contributed by atoms with E-state index in [9.17, 15) is 18.0 Å². The minimum absolute atomic E-state index is 0.106. The second-order valence-corrected chi connectivity index (χ2v) is 7.25. The summed E-state index contributed by atoms with van der Waals surface area (Å²) in [6.45, 7) is 1.11. The van der Waals surface area contributed by atoms with Gasteiger partial charge >= 0.3 is 5.97 Å². The van der Waals surface area contributed by atoms with E-state index in [1.807, 2.05) is 0 Å². The van der Waals surface area contributed by atoms with Crippen molar-refractivity contribution in [3.8, 4) is 0 Å². The average Bonchev–Trinajstić information content (AvgIpc) is 2.33. The third-order valence-corrected chi connectivity index (χ3v) is 4.95. The van der Waals surface area contributed by atoms with E-state index < -0.39 is 39.3 Å². The Morgan fingerprint density at radius 1 is 1.33 bits per heavy atom. The van der Waals surface area contributed by atoms with Crippen molar-refractivity contribution in [3.05, 3.63) is 33.8 Å². The molecule has 1 amide bonds. The monoisotopic (exact) mass is 353 g/mol. The van der Waals surface area contributed by atoms with Gasteiger partial charge in [0, 0.05) is 6.92 Å². The average molecular weight is 354 g/mol. The molecule has 9 heteroatoms. The van der Waals surface area contributed by atoms with E-state index in [4.69, 9.17) is 28.3 Å². The lowest BCUT2D eigenvalue weighted by Gasteiger charge is -2.14. The van der Waals surface area contributed by atoms with Crippen LogP contribution >= 0.6 is 23.2 Å². The highest BCUT2D eigenvalue weighted by Gasteiger charge is 2.26. The molecule has 0 spiro atoms. The molecule has 1 atom stereocenters. The van der Waals surface area contributed by atoms with Crippen molar-refractivity contribution in [2.24, 2.45) is 0 Å². The number of amides is 1. The van der Waals surface area contributed by atoms with Gasteiger partial charge in [-0.2, -0.15) is 0 Å². The summed E-state index contributed by atoms with van der Waals surface area (Å²) in [6.07, 6.45) is 0. The molecule has 21 heavy (non-hydrogen) atoms. The summed E-state index contributed by atoms with van der Waals surface area (Å²) in [4.78, 5) is 21.9. The van der Waals surface area contributed by atoms with Gasteiger partial charge in [0.25, 0.3) is 0 Å². The van der Waals surface area contributed by atoms with Crippen LogP contribution in [0.5, 0.6) is 0 Å². The van der Waals surface area contributed by atoms with Crippen LogP contribution in [-0.4, -0.2) is 37.2 Å². The number of halogens is 2. The van der Waals surface area contributed by atoms with Gasteiger partial charge in [0.15, 0.2) is 9.84 Å². The Hall–Kier alpha value is -1.31. The summed E-state index contributed by atoms with van der Waals surface area (Å²) in [7, 11) is -3.80. The number of hydrogen-bond donors (Lipinski definition) is 2. The lowest BCUT2D eigenvalue weighted by atomic mass is 10.2. The number of hydrogen-bond acceptors (Lipinski definition) is 4. The fraction of sp³-hybridized carbons (Fsp3) is 0.333. The predicted molar refractivity (Wildman–Crippen MR) is 79.2 cm³/mol. The molecule has 1 aromatic rings. The van der Waals surface area contributed by atoms with E-state index in [0.29, 0.717) is 0 Å². The van der Waals surface area contributed by atoms with Crippen molar-refractivity contribution in [1.82, 2.24) is 5.32 Å². The van der Waals surface area contributed by atoms with Crippen LogP contribution in [0.2, 0.25) is 10.0 Å². The lowest BCUT2D eigenvalue weighted by Crippen LogP contribution is -2.44. The van der Waals surface area contributed by atoms with Crippen molar-refractivity contribution in [1.29, 1.82) is 0 Å². The SMILES string of the molecule is CC(=O)NC(CS(=O)(=O)Cc1cccc(Cl)c1Cl)C(=O)O. The van der Waals surface area contributed by atoms with Gasteiger partial charge in [-0.15, -0.1) is 0 Å². The number of carboxylic acid groups (broad SMARTS) is 1. The number of aliphatic carboxylic acids is 1. The van der Waals surface area contributed by atoms with Gasteiger partial charge in [-0.1, -0.05) is 35.3 Å². The highest BCUT2D eigenvalue weighted by Crippen LogP contribution is 2.27. The van der Waals surface area contributed by atoms with E-state index in [1.165, 1.54) is 12.1 Å². The molecule has 0 bridgehead atoms. The zero-order valence-corrected chi connectivity index (χ0v) is 13.3. The van der Waals surface area contributed by atoms with Gasteiger partial charge in [0.05, 0.1) is 21.6 Å². The quantitative estimate of drug-likeness (QED) is 0.806. The Morgan fingerprint density at radius 2 is 1.95 bits per heavy atom. The molecule has 0 fully saturated rings. The third kappa shape index (κ3) is 5.53. The molecule has 0 heterocycles. The Morgan fingerprint density at radius 3 is 2.48 bits per heavy atom. The van der Waals surface area contributed by atoms with Gasteiger partial charge in [-0.25, -0.2) is 13.2 Å².